The summed E-state index contributed by atoms with van der Waals surface area (Å²) in [5, 5.41) is 2.99. The highest BCUT2D eigenvalue weighted by atomic mass is 16.5. The van der Waals surface area contributed by atoms with E-state index in [1.54, 1.807) is 32.4 Å². The molecule has 0 saturated carbocycles. The highest BCUT2D eigenvalue weighted by Gasteiger charge is 2.17. The molecule has 0 spiro atoms. The van der Waals surface area contributed by atoms with Crippen LogP contribution in [-0.4, -0.2) is 47.4 Å². The third-order valence-corrected chi connectivity index (χ3v) is 4.74. The summed E-state index contributed by atoms with van der Waals surface area (Å²) in [6.07, 6.45) is 5.38. The summed E-state index contributed by atoms with van der Waals surface area (Å²) in [7, 11) is 3.36. The summed E-state index contributed by atoms with van der Waals surface area (Å²) in [4.78, 5) is 34.7. The first-order valence-electron chi connectivity index (χ1n) is 10.1. The molecule has 2 amide bonds. The fraction of sp³-hybridized carbons (Fsp3) is 0.250. The largest absolute Gasteiger partial charge is 0.483 e. The molecule has 0 aliphatic rings. The van der Waals surface area contributed by atoms with Crippen molar-refractivity contribution in [1.29, 1.82) is 0 Å². The fourth-order valence-electron chi connectivity index (χ4n) is 3.00. The molecule has 1 heterocycles. The van der Waals surface area contributed by atoms with E-state index in [4.69, 9.17) is 4.74 Å². The van der Waals surface area contributed by atoms with E-state index < -0.39 is 0 Å². The molecule has 7 nitrogen and oxygen atoms in total. The van der Waals surface area contributed by atoms with Gasteiger partial charge in [0.15, 0.2) is 6.61 Å². The molecule has 1 atom stereocenters. The van der Waals surface area contributed by atoms with Crippen LogP contribution in [0.4, 0.5) is 0 Å². The number of ether oxygens (including phenoxy) is 1. The normalized spacial score (nSPS) is 12.0. The summed E-state index contributed by atoms with van der Waals surface area (Å²) in [6.45, 7) is 1.92. The number of hydrogen-bond acceptors (Lipinski definition) is 5. The molecule has 0 radical (unpaired) electrons. The van der Waals surface area contributed by atoms with Crippen LogP contribution in [0.15, 0.2) is 60.8 Å². The van der Waals surface area contributed by atoms with Crippen LogP contribution in [0.3, 0.4) is 0 Å². The SMILES string of the molecule is CCC(NC(=O)/C=C/c1cnc2ccccc2n1)c1ccccc1OCC(=O)N(C)C. The van der Waals surface area contributed by atoms with E-state index in [1.807, 2.05) is 49.4 Å². The van der Waals surface area contributed by atoms with Gasteiger partial charge in [-0.2, -0.15) is 0 Å². The molecule has 31 heavy (non-hydrogen) atoms. The van der Waals surface area contributed by atoms with Crippen LogP contribution < -0.4 is 10.1 Å². The number of fused-ring (bicyclic) bond motifs is 1. The van der Waals surface area contributed by atoms with E-state index in [1.165, 1.54) is 11.0 Å². The Morgan fingerprint density at radius 1 is 1.10 bits per heavy atom. The van der Waals surface area contributed by atoms with Crippen molar-refractivity contribution in [3.63, 3.8) is 0 Å². The molecule has 0 bridgehead atoms. The maximum absolute atomic E-state index is 12.5. The van der Waals surface area contributed by atoms with Gasteiger partial charge in [-0.05, 0) is 30.7 Å². The molecule has 1 N–H and O–H groups in total. The third kappa shape index (κ3) is 5.88. The molecule has 1 unspecified atom stereocenters. The van der Waals surface area contributed by atoms with Crippen LogP contribution in [0, 0.1) is 0 Å². The van der Waals surface area contributed by atoms with Gasteiger partial charge in [0.05, 0.1) is 29.0 Å². The van der Waals surface area contributed by atoms with E-state index >= 15 is 0 Å². The molecule has 0 saturated heterocycles. The average molecular weight is 418 g/mol. The van der Waals surface area contributed by atoms with Gasteiger partial charge in [-0.3, -0.25) is 14.6 Å². The highest BCUT2D eigenvalue weighted by Crippen LogP contribution is 2.27. The summed E-state index contributed by atoms with van der Waals surface area (Å²) >= 11 is 0. The lowest BCUT2D eigenvalue weighted by Gasteiger charge is -2.20. The standard InChI is InChI=1S/C24H26N4O3/c1-4-19(18-9-5-8-12-22(18)31-16-24(30)28(2)3)27-23(29)14-13-17-15-25-20-10-6-7-11-21(20)26-17/h5-15,19H,4,16H2,1-3H3,(H,27,29)/b14-13+. The van der Waals surface area contributed by atoms with Crippen molar-refractivity contribution in [2.45, 2.75) is 19.4 Å². The van der Waals surface area contributed by atoms with Crippen molar-refractivity contribution in [3.8, 4) is 5.75 Å². The lowest BCUT2D eigenvalue weighted by molar-refractivity contribution is -0.130. The van der Waals surface area contributed by atoms with Crippen molar-refractivity contribution in [1.82, 2.24) is 20.2 Å². The molecular formula is C24H26N4O3. The highest BCUT2D eigenvalue weighted by molar-refractivity contribution is 5.92. The Balaban J connectivity index is 1.69. The Morgan fingerprint density at radius 2 is 1.81 bits per heavy atom. The minimum absolute atomic E-state index is 0.0606. The first-order chi connectivity index (χ1) is 15.0. The van der Waals surface area contributed by atoms with Crippen LogP contribution in [0.1, 0.15) is 30.6 Å². The van der Waals surface area contributed by atoms with Crippen LogP contribution in [0.25, 0.3) is 17.1 Å². The first kappa shape index (κ1) is 22.0. The molecule has 160 valence electrons. The predicted molar refractivity (Wildman–Crippen MR) is 120 cm³/mol. The molecule has 0 aliphatic heterocycles. The average Bonchev–Trinajstić information content (AvgIpc) is 2.79. The van der Waals surface area contributed by atoms with Crippen molar-refractivity contribution >= 4 is 28.9 Å². The molecule has 3 aromatic rings. The quantitative estimate of drug-likeness (QED) is 0.567. The minimum Gasteiger partial charge on any atom is -0.483 e. The van der Waals surface area contributed by atoms with Crippen molar-refractivity contribution in [2.24, 2.45) is 0 Å². The second-order valence-electron chi connectivity index (χ2n) is 7.20. The predicted octanol–water partition coefficient (Wildman–Crippen LogP) is 3.38. The van der Waals surface area contributed by atoms with Crippen molar-refractivity contribution in [3.05, 3.63) is 72.1 Å². The molecule has 1 aromatic heterocycles. The summed E-state index contributed by atoms with van der Waals surface area (Å²) in [6, 6.07) is 14.7. The Labute approximate surface area is 181 Å². The molecule has 0 fully saturated rings. The number of para-hydroxylation sites is 3. The van der Waals surface area contributed by atoms with Gasteiger partial charge in [-0.25, -0.2) is 4.98 Å². The van der Waals surface area contributed by atoms with Gasteiger partial charge in [0.2, 0.25) is 5.91 Å². The van der Waals surface area contributed by atoms with Crippen LogP contribution >= 0.6 is 0 Å². The number of benzene rings is 2. The molecule has 0 aliphatic carbocycles. The summed E-state index contributed by atoms with van der Waals surface area (Å²) in [5.41, 5.74) is 3.01. The van der Waals surface area contributed by atoms with Crippen molar-refractivity contribution < 1.29 is 14.3 Å². The van der Waals surface area contributed by atoms with Gasteiger partial charge in [0.1, 0.15) is 5.75 Å². The van der Waals surface area contributed by atoms with Gasteiger partial charge in [0, 0.05) is 25.7 Å². The Bertz CT molecular complexity index is 1090. The molecule has 2 aromatic carbocycles. The maximum atomic E-state index is 12.5. The maximum Gasteiger partial charge on any atom is 0.259 e. The number of nitrogens with one attached hydrogen (secondary N) is 1. The van der Waals surface area contributed by atoms with Crippen LogP contribution in [0.2, 0.25) is 0 Å². The number of carbonyl (C=O) groups is 2. The zero-order chi connectivity index (χ0) is 22.2. The van der Waals surface area contributed by atoms with E-state index in [0.29, 0.717) is 17.9 Å². The second-order valence-corrected chi connectivity index (χ2v) is 7.20. The van der Waals surface area contributed by atoms with Crippen molar-refractivity contribution in [2.75, 3.05) is 20.7 Å². The van der Waals surface area contributed by atoms with E-state index in [-0.39, 0.29) is 24.5 Å². The topological polar surface area (TPSA) is 84.4 Å². The van der Waals surface area contributed by atoms with Gasteiger partial charge < -0.3 is 15.0 Å². The number of amides is 2. The van der Waals surface area contributed by atoms with Gasteiger partial charge >= 0.3 is 0 Å². The number of likely N-dealkylation sites (N-methyl/N-ethyl adjacent to an activating group) is 1. The first-order valence-corrected chi connectivity index (χ1v) is 10.1. The third-order valence-electron chi connectivity index (χ3n) is 4.74. The second kappa shape index (κ2) is 10.3. The number of nitrogens with zero attached hydrogens (tertiary/aromatic N) is 3. The number of rotatable bonds is 8. The summed E-state index contributed by atoms with van der Waals surface area (Å²) < 4.78 is 5.72. The lowest BCUT2D eigenvalue weighted by Crippen LogP contribution is -2.29. The number of hydrogen-bond donors (Lipinski definition) is 1. The smallest absolute Gasteiger partial charge is 0.259 e. The monoisotopic (exact) mass is 418 g/mol. The summed E-state index contributed by atoms with van der Waals surface area (Å²) in [5.74, 6) is 0.196. The van der Waals surface area contributed by atoms with E-state index in [0.717, 1.165) is 16.6 Å². The fourth-order valence-corrected chi connectivity index (χ4v) is 3.00. The van der Waals surface area contributed by atoms with Crippen LogP contribution in [-0.2, 0) is 9.59 Å². The zero-order valence-corrected chi connectivity index (χ0v) is 17.9. The molecule has 3 rings (SSSR count). The minimum atomic E-state index is -0.259. The Kier molecular flexibility index (Phi) is 7.32. The lowest BCUT2D eigenvalue weighted by atomic mass is 10.0. The van der Waals surface area contributed by atoms with Gasteiger partial charge in [0.25, 0.3) is 5.91 Å². The number of aromatic nitrogens is 2. The Hall–Kier alpha value is -3.74. The Morgan fingerprint density at radius 3 is 2.55 bits per heavy atom. The van der Waals surface area contributed by atoms with Crippen LogP contribution in [0.5, 0.6) is 5.75 Å². The molecular weight excluding hydrogens is 392 g/mol. The van der Waals surface area contributed by atoms with Gasteiger partial charge in [-0.15, -0.1) is 0 Å². The van der Waals surface area contributed by atoms with Gasteiger partial charge in [-0.1, -0.05) is 37.3 Å². The molecule has 7 heteroatoms. The number of carbonyl (C=O) groups excluding carboxylic acids is 2. The zero-order valence-electron chi connectivity index (χ0n) is 17.9. The van der Waals surface area contributed by atoms with E-state index in [9.17, 15) is 9.59 Å². The van der Waals surface area contributed by atoms with E-state index in [2.05, 4.69) is 15.3 Å².